The minimum Gasteiger partial charge on any atom is -0.340 e. The number of nitrogens with zero attached hydrogens (tertiary/aromatic N) is 2. The number of sulfonamides is 1. The predicted octanol–water partition coefficient (Wildman–Crippen LogP) is 3.09. The molecule has 2 aromatic rings. The van der Waals surface area contributed by atoms with Crippen molar-refractivity contribution in [3.05, 3.63) is 48.2 Å². The SMILES string of the molecule is CN(C)S(=O)(=O)c1ccc(Nc2ccccc2C(F)(F)F)nc1. The van der Waals surface area contributed by atoms with E-state index in [9.17, 15) is 21.6 Å². The molecule has 0 aliphatic carbocycles. The first-order valence-electron chi connectivity index (χ1n) is 6.44. The molecule has 0 bridgehead atoms. The Morgan fingerprint density at radius 3 is 2.26 bits per heavy atom. The van der Waals surface area contributed by atoms with Crippen LogP contribution in [0.4, 0.5) is 24.7 Å². The van der Waals surface area contributed by atoms with E-state index in [4.69, 9.17) is 0 Å². The zero-order chi connectivity index (χ0) is 17.3. The Labute approximate surface area is 131 Å². The molecule has 23 heavy (non-hydrogen) atoms. The average Bonchev–Trinajstić information content (AvgIpc) is 2.47. The van der Waals surface area contributed by atoms with Crippen molar-refractivity contribution in [2.24, 2.45) is 0 Å². The molecule has 0 aliphatic heterocycles. The van der Waals surface area contributed by atoms with E-state index in [1.807, 2.05) is 0 Å². The maximum atomic E-state index is 12.9. The molecule has 1 heterocycles. The van der Waals surface area contributed by atoms with Crippen molar-refractivity contribution in [1.29, 1.82) is 0 Å². The highest BCUT2D eigenvalue weighted by molar-refractivity contribution is 7.89. The summed E-state index contributed by atoms with van der Waals surface area (Å²) in [5.74, 6) is 0.111. The van der Waals surface area contributed by atoms with E-state index in [0.29, 0.717) is 0 Å². The van der Waals surface area contributed by atoms with Gasteiger partial charge in [-0.3, -0.25) is 0 Å². The molecule has 0 unspecified atom stereocenters. The summed E-state index contributed by atoms with van der Waals surface area (Å²) in [7, 11) is -0.883. The minimum absolute atomic E-state index is 0.0443. The van der Waals surface area contributed by atoms with Gasteiger partial charge in [0.15, 0.2) is 0 Å². The smallest absolute Gasteiger partial charge is 0.340 e. The average molecular weight is 345 g/mol. The zero-order valence-corrected chi connectivity index (χ0v) is 13.1. The molecule has 2 rings (SSSR count). The standard InChI is InChI=1S/C14H14F3N3O2S/c1-20(2)23(21,22)10-7-8-13(18-9-10)19-12-6-4-3-5-11(12)14(15,16)17/h3-9H,1-2H3,(H,18,19). The van der Waals surface area contributed by atoms with Crippen LogP contribution in [0, 0.1) is 0 Å². The molecule has 0 atom stereocenters. The summed E-state index contributed by atoms with van der Waals surface area (Å²) in [6, 6.07) is 7.56. The van der Waals surface area contributed by atoms with Crippen LogP contribution in [0.2, 0.25) is 0 Å². The third kappa shape index (κ3) is 3.80. The molecule has 0 fully saturated rings. The van der Waals surface area contributed by atoms with E-state index in [1.165, 1.54) is 44.4 Å². The molecule has 0 radical (unpaired) electrons. The Kier molecular flexibility index (Phi) is 4.62. The largest absolute Gasteiger partial charge is 0.418 e. The van der Waals surface area contributed by atoms with Crippen LogP contribution in [0.5, 0.6) is 0 Å². The molecule has 0 saturated heterocycles. The molecule has 5 nitrogen and oxygen atoms in total. The van der Waals surface area contributed by atoms with E-state index in [1.54, 1.807) is 0 Å². The van der Waals surface area contributed by atoms with Crippen molar-refractivity contribution in [3.8, 4) is 0 Å². The number of hydrogen-bond acceptors (Lipinski definition) is 4. The van der Waals surface area contributed by atoms with Crippen molar-refractivity contribution in [3.63, 3.8) is 0 Å². The van der Waals surface area contributed by atoms with Crippen molar-refractivity contribution >= 4 is 21.5 Å². The first-order valence-corrected chi connectivity index (χ1v) is 7.88. The number of rotatable bonds is 4. The fourth-order valence-electron chi connectivity index (χ4n) is 1.79. The Morgan fingerprint density at radius 2 is 1.74 bits per heavy atom. The Balaban J connectivity index is 2.30. The highest BCUT2D eigenvalue weighted by atomic mass is 32.2. The Morgan fingerprint density at radius 1 is 1.09 bits per heavy atom. The maximum Gasteiger partial charge on any atom is 0.418 e. The van der Waals surface area contributed by atoms with Crippen LogP contribution >= 0.6 is 0 Å². The van der Waals surface area contributed by atoms with Gasteiger partial charge in [0, 0.05) is 20.3 Å². The van der Waals surface area contributed by atoms with Gasteiger partial charge in [0.2, 0.25) is 10.0 Å². The maximum absolute atomic E-state index is 12.9. The first-order chi connectivity index (χ1) is 10.6. The quantitative estimate of drug-likeness (QED) is 0.925. The molecular weight excluding hydrogens is 331 g/mol. The van der Waals surface area contributed by atoms with Gasteiger partial charge in [0.1, 0.15) is 10.7 Å². The molecule has 9 heteroatoms. The summed E-state index contributed by atoms with van der Waals surface area (Å²) in [4.78, 5) is 3.82. The van der Waals surface area contributed by atoms with Gasteiger partial charge in [-0.25, -0.2) is 17.7 Å². The number of nitrogens with one attached hydrogen (secondary N) is 1. The molecule has 0 saturated carbocycles. The van der Waals surface area contributed by atoms with Crippen molar-refractivity contribution in [2.75, 3.05) is 19.4 Å². The molecule has 1 aromatic carbocycles. The highest BCUT2D eigenvalue weighted by Crippen LogP contribution is 2.35. The van der Waals surface area contributed by atoms with Crippen molar-refractivity contribution in [2.45, 2.75) is 11.1 Å². The van der Waals surface area contributed by atoms with Crippen molar-refractivity contribution in [1.82, 2.24) is 9.29 Å². The molecule has 124 valence electrons. The van der Waals surface area contributed by atoms with Gasteiger partial charge in [-0.2, -0.15) is 13.2 Å². The molecular formula is C14H14F3N3O2S. The third-order valence-corrected chi connectivity index (χ3v) is 4.81. The van der Waals surface area contributed by atoms with E-state index in [0.717, 1.165) is 16.6 Å². The number of para-hydroxylation sites is 1. The number of benzene rings is 1. The van der Waals surface area contributed by atoms with Crippen LogP contribution in [-0.2, 0) is 16.2 Å². The lowest BCUT2D eigenvalue weighted by Gasteiger charge is -2.14. The third-order valence-electron chi connectivity index (χ3n) is 3.01. The van der Waals surface area contributed by atoms with Gasteiger partial charge in [-0.15, -0.1) is 0 Å². The van der Waals surface area contributed by atoms with Crippen molar-refractivity contribution < 1.29 is 21.6 Å². The lowest BCUT2D eigenvalue weighted by Crippen LogP contribution is -2.22. The molecule has 0 spiro atoms. The predicted molar refractivity (Wildman–Crippen MR) is 79.8 cm³/mol. The highest BCUT2D eigenvalue weighted by Gasteiger charge is 2.33. The monoisotopic (exact) mass is 345 g/mol. The molecule has 1 N–H and O–H groups in total. The molecule has 0 aliphatic rings. The second-order valence-electron chi connectivity index (χ2n) is 4.83. The summed E-state index contributed by atoms with van der Waals surface area (Å²) in [6.45, 7) is 0. The first kappa shape index (κ1) is 17.2. The number of alkyl halides is 3. The summed E-state index contributed by atoms with van der Waals surface area (Å²) in [5.41, 5.74) is -0.984. The van der Waals surface area contributed by atoms with E-state index < -0.39 is 21.8 Å². The van der Waals surface area contributed by atoms with Crippen LogP contribution in [0.25, 0.3) is 0 Å². The lowest BCUT2D eigenvalue weighted by atomic mass is 10.1. The number of halogens is 3. The van der Waals surface area contributed by atoms with Crippen LogP contribution in [0.15, 0.2) is 47.5 Å². The summed E-state index contributed by atoms with van der Waals surface area (Å²) >= 11 is 0. The topological polar surface area (TPSA) is 62.3 Å². The fraction of sp³-hybridized carbons (Fsp3) is 0.214. The zero-order valence-electron chi connectivity index (χ0n) is 12.3. The van der Waals surface area contributed by atoms with Gasteiger partial charge in [0.05, 0.1) is 11.3 Å². The van der Waals surface area contributed by atoms with Crippen LogP contribution < -0.4 is 5.32 Å². The number of aromatic nitrogens is 1. The van der Waals surface area contributed by atoms with Crippen LogP contribution in [-0.4, -0.2) is 31.8 Å². The second-order valence-corrected chi connectivity index (χ2v) is 6.99. The van der Waals surface area contributed by atoms with Gasteiger partial charge in [-0.1, -0.05) is 12.1 Å². The van der Waals surface area contributed by atoms with Gasteiger partial charge in [0.25, 0.3) is 0 Å². The van der Waals surface area contributed by atoms with Crippen LogP contribution in [0.1, 0.15) is 5.56 Å². The molecule has 0 amide bonds. The fourth-order valence-corrected chi connectivity index (χ4v) is 2.64. The van der Waals surface area contributed by atoms with Gasteiger partial charge < -0.3 is 5.32 Å². The summed E-state index contributed by atoms with van der Waals surface area (Å²) in [6.07, 6.45) is -3.41. The van der Waals surface area contributed by atoms with E-state index in [-0.39, 0.29) is 16.4 Å². The lowest BCUT2D eigenvalue weighted by molar-refractivity contribution is -0.136. The molecule has 1 aromatic heterocycles. The van der Waals surface area contributed by atoms with E-state index in [2.05, 4.69) is 10.3 Å². The summed E-state index contributed by atoms with van der Waals surface area (Å²) in [5, 5.41) is 2.55. The minimum atomic E-state index is -4.50. The number of pyridine rings is 1. The van der Waals surface area contributed by atoms with Gasteiger partial charge in [-0.05, 0) is 24.3 Å². The normalized spacial score (nSPS) is 12.4. The van der Waals surface area contributed by atoms with E-state index >= 15 is 0 Å². The Bertz CT molecular complexity index is 788. The van der Waals surface area contributed by atoms with Crippen LogP contribution in [0.3, 0.4) is 0 Å². The Hall–Kier alpha value is -2.13. The number of anilines is 2. The number of hydrogen-bond donors (Lipinski definition) is 1. The summed E-state index contributed by atoms with van der Waals surface area (Å²) < 4.78 is 63.6. The second kappa shape index (κ2) is 6.17. The van der Waals surface area contributed by atoms with Gasteiger partial charge >= 0.3 is 6.18 Å².